The van der Waals surface area contributed by atoms with Crippen LogP contribution in [0.5, 0.6) is 0 Å². The molecule has 0 spiro atoms. The molecule has 2 amide bonds. The van der Waals surface area contributed by atoms with Crippen molar-refractivity contribution in [2.24, 2.45) is 0 Å². The number of nitrogens with one attached hydrogen (secondary N) is 3. The maximum Gasteiger partial charge on any atom is 0.416 e. The first-order valence-corrected chi connectivity index (χ1v) is 9.23. The first kappa shape index (κ1) is 22.2. The minimum atomic E-state index is -4.45. The van der Waals surface area contributed by atoms with Crippen molar-refractivity contribution in [2.75, 3.05) is 17.6 Å². The zero-order valence-electron chi connectivity index (χ0n) is 15.0. The average Bonchev–Trinajstić information content (AvgIpc) is 2.64. The van der Waals surface area contributed by atoms with Crippen LogP contribution in [-0.4, -0.2) is 34.1 Å². The van der Waals surface area contributed by atoms with Crippen molar-refractivity contribution in [2.45, 2.75) is 17.8 Å². The number of aromatic amines is 1. The summed E-state index contributed by atoms with van der Waals surface area (Å²) in [7, 11) is 0. The van der Waals surface area contributed by atoms with E-state index in [2.05, 4.69) is 27.2 Å². The molecular weight excluding hydrogens is 409 g/mol. The second kappa shape index (κ2) is 9.92. The lowest BCUT2D eigenvalue weighted by Crippen LogP contribution is -2.26. The van der Waals surface area contributed by atoms with Gasteiger partial charge in [-0.1, -0.05) is 17.8 Å². The van der Waals surface area contributed by atoms with Crippen molar-refractivity contribution in [3.05, 3.63) is 64.6 Å². The van der Waals surface area contributed by atoms with Crippen LogP contribution in [0.15, 0.2) is 52.9 Å². The molecule has 2 rings (SSSR count). The van der Waals surface area contributed by atoms with E-state index in [9.17, 15) is 27.6 Å². The first-order valence-electron chi connectivity index (χ1n) is 8.25. The number of aromatic nitrogens is 2. The molecule has 1 aromatic carbocycles. The molecule has 0 aliphatic carbocycles. The van der Waals surface area contributed by atoms with E-state index < -0.39 is 23.2 Å². The van der Waals surface area contributed by atoms with Crippen LogP contribution < -0.4 is 16.2 Å². The quantitative estimate of drug-likeness (QED) is 0.342. The number of benzene rings is 1. The molecule has 7 nitrogen and oxygen atoms in total. The number of alkyl halides is 3. The van der Waals surface area contributed by atoms with Gasteiger partial charge in [0.25, 0.3) is 5.56 Å². The van der Waals surface area contributed by atoms with Crippen LogP contribution in [0.3, 0.4) is 0 Å². The van der Waals surface area contributed by atoms with E-state index in [-0.39, 0.29) is 41.2 Å². The summed E-state index contributed by atoms with van der Waals surface area (Å²) in [6, 6.07) is 5.20. The zero-order valence-corrected chi connectivity index (χ0v) is 15.8. The Morgan fingerprint density at radius 2 is 1.90 bits per heavy atom. The molecule has 1 aromatic heterocycles. The van der Waals surface area contributed by atoms with E-state index in [0.717, 1.165) is 36.0 Å². The summed E-state index contributed by atoms with van der Waals surface area (Å²) in [5.41, 5.74) is -0.851. The molecule has 3 N–H and O–H groups in total. The van der Waals surface area contributed by atoms with Gasteiger partial charge in [-0.25, -0.2) is 4.98 Å². The molecular formula is C18H17F3N4O3S. The zero-order chi connectivity index (χ0) is 21.4. The third-order valence-electron chi connectivity index (χ3n) is 3.39. The summed E-state index contributed by atoms with van der Waals surface area (Å²) in [5.74, 6) is -0.971. The maximum absolute atomic E-state index is 12.5. The fourth-order valence-corrected chi connectivity index (χ4v) is 2.82. The lowest BCUT2D eigenvalue weighted by atomic mass is 10.2. The lowest BCUT2D eigenvalue weighted by molar-refractivity contribution is -0.137. The second-order valence-electron chi connectivity index (χ2n) is 5.72. The summed E-state index contributed by atoms with van der Waals surface area (Å²) in [5, 5.41) is 5.16. The van der Waals surface area contributed by atoms with Gasteiger partial charge < -0.3 is 15.6 Å². The molecule has 0 atom stereocenters. The monoisotopic (exact) mass is 426 g/mol. The number of rotatable bonds is 8. The van der Waals surface area contributed by atoms with Crippen molar-refractivity contribution < 1.29 is 22.8 Å². The summed E-state index contributed by atoms with van der Waals surface area (Å²) in [6.45, 7) is 3.76. The highest BCUT2D eigenvalue weighted by molar-refractivity contribution is 7.99. The number of H-pyrrole nitrogens is 1. The summed E-state index contributed by atoms with van der Waals surface area (Å²) in [6.07, 6.45) is -3.05. The molecule has 0 aliphatic heterocycles. The van der Waals surface area contributed by atoms with Gasteiger partial charge >= 0.3 is 6.18 Å². The first-order chi connectivity index (χ1) is 13.7. The molecule has 2 aromatic rings. The lowest BCUT2D eigenvalue weighted by Gasteiger charge is -2.09. The number of thioether (sulfide) groups is 1. The van der Waals surface area contributed by atoms with Crippen LogP contribution in [0, 0.1) is 0 Å². The van der Waals surface area contributed by atoms with E-state index >= 15 is 0 Å². The molecule has 1 heterocycles. The fraction of sp³-hybridized carbons (Fsp3) is 0.222. The Morgan fingerprint density at radius 1 is 1.21 bits per heavy atom. The normalized spacial score (nSPS) is 11.0. The van der Waals surface area contributed by atoms with Crippen LogP contribution in [0.1, 0.15) is 11.3 Å². The molecule has 0 fully saturated rings. The predicted molar refractivity (Wildman–Crippen MR) is 103 cm³/mol. The van der Waals surface area contributed by atoms with E-state index in [0.29, 0.717) is 0 Å². The van der Waals surface area contributed by atoms with Gasteiger partial charge in [0.1, 0.15) is 0 Å². The SMILES string of the molecule is C=CCNC(=O)Cc1cc(=O)[nH]c(SCC(=O)Nc2ccc(C(F)(F)F)cc2)n1. The molecule has 0 bridgehead atoms. The molecule has 11 heteroatoms. The number of hydrogen-bond donors (Lipinski definition) is 3. The van der Waals surface area contributed by atoms with Crippen LogP contribution in [-0.2, 0) is 22.2 Å². The Kier molecular flexibility index (Phi) is 7.59. The third-order valence-corrected chi connectivity index (χ3v) is 4.27. The molecule has 0 radical (unpaired) electrons. The van der Waals surface area contributed by atoms with Gasteiger partial charge in [-0.15, -0.1) is 6.58 Å². The van der Waals surface area contributed by atoms with Crippen molar-refractivity contribution in [1.82, 2.24) is 15.3 Å². The van der Waals surface area contributed by atoms with E-state index in [1.54, 1.807) is 0 Å². The van der Waals surface area contributed by atoms with Gasteiger partial charge in [0, 0.05) is 18.3 Å². The third kappa shape index (κ3) is 7.45. The Bertz CT molecular complexity index is 943. The Morgan fingerprint density at radius 3 is 2.52 bits per heavy atom. The molecule has 0 aliphatic rings. The molecule has 0 saturated carbocycles. The van der Waals surface area contributed by atoms with Gasteiger partial charge in [0.15, 0.2) is 5.16 Å². The molecule has 154 valence electrons. The van der Waals surface area contributed by atoms with Crippen LogP contribution >= 0.6 is 11.8 Å². The highest BCUT2D eigenvalue weighted by Crippen LogP contribution is 2.29. The van der Waals surface area contributed by atoms with Crippen LogP contribution in [0.4, 0.5) is 18.9 Å². The predicted octanol–water partition coefficient (Wildman–Crippen LogP) is 2.36. The topological polar surface area (TPSA) is 104 Å². The van der Waals surface area contributed by atoms with Crippen molar-refractivity contribution >= 4 is 29.3 Å². The summed E-state index contributed by atoms with van der Waals surface area (Å²) >= 11 is 0.922. The number of hydrogen-bond acceptors (Lipinski definition) is 5. The number of carbonyl (C=O) groups is 2. The smallest absolute Gasteiger partial charge is 0.352 e. The largest absolute Gasteiger partial charge is 0.416 e. The number of halogens is 3. The molecule has 0 saturated heterocycles. The highest BCUT2D eigenvalue weighted by atomic mass is 32.2. The number of anilines is 1. The van der Waals surface area contributed by atoms with Crippen molar-refractivity contribution in [3.8, 4) is 0 Å². The fourth-order valence-electron chi connectivity index (χ4n) is 2.13. The van der Waals surface area contributed by atoms with Gasteiger partial charge in [0.05, 0.1) is 23.4 Å². The average molecular weight is 426 g/mol. The summed E-state index contributed by atoms with van der Waals surface area (Å²) in [4.78, 5) is 42.0. The Hall–Kier alpha value is -3.08. The second-order valence-corrected chi connectivity index (χ2v) is 6.69. The van der Waals surface area contributed by atoms with Gasteiger partial charge in [-0.05, 0) is 24.3 Å². The van der Waals surface area contributed by atoms with Crippen molar-refractivity contribution in [1.29, 1.82) is 0 Å². The Labute approximate surface area is 167 Å². The Balaban J connectivity index is 1.93. The molecule has 0 unspecified atom stereocenters. The standard InChI is InChI=1S/C18H17F3N4O3S/c1-2-7-22-14(26)8-13-9-15(27)25-17(24-13)29-10-16(28)23-12-5-3-11(4-6-12)18(19,20)21/h2-6,9H,1,7-8,10H2,(H,22,26)(H,23,28)(H,24,25,27). The number of carbonyl (C=O) groups excluding carboxylic acids is 2. The van der Waals surface area contributed by atoms with Gasteiger partial charge in [-0.2, -0.15) is 13.2 Å². The van der Waals surface area contributed by atoms with E-state index in [4.69, 9.17) is 0 Å². The van der Waals surface area contributed by atoms with Crippen molar-refractivity contribution in [3.63, 3.8) is 0 Å². The maximum atomic E-state index is 12.5. The number of amides is 2. The number of nitrogens with zero attached hydrogens (tertiary/aromatic N) is 1. The van der Waals surface area contributed by atoms with Crippen LogP contribution in [0.25, 0.3) is 0 Å². The minimum Gasteiger partial charge on any atom is -0.352 e. The minimum absolute atomic E-state index is 0.108. The molecule has 29 heavy (non-hydrogen) atoms. The van der Waals surface area contributed by atoms with Gasteiger partial charge in [-0.3, -0.25) is 14.4 Å². The van der Waals surface area contributed by atoms with Gasteiger partial charge in [0.2, 0.25) is 11.8 Å². The highest BCUT2D eigenvalue weighted by Gasteiger charge is 2.29. The summed E-state index contributed by atoms with van der Waals surface area (Å²) < 4.78 is 37.6. The van der Waals surface area contributed by atoms with E-state index in [1.165, 1.54) is 12.1 Å². The van der Waals surface area contributed by atoms with Crippen LogP contribution in [0.2, 0.25) is 0 Å². The van der Waals surface area contributed by atoms with E-state index in [1.807, 2.05) is 0 Å².